The first-order valence-corrected chi connectivity index (χ1v) is 12.6. The summed E-state index contributed by atoms with van der Waals surface area (Å²) in [4.78, 5) is 21.2. The Morgan fingerprint density at radius 1 is 1.07 bits per heavy atom. The average Bonchev–Trinajstić information content (AvgIpc) is 3.12. The van der Waals surface area contributed by atoms with Crippen molar-refractivity contribution >= 4 is 42.4 Å². The normalized spacial score (nSPS) is 15.0. The molecule has 1 saturated heterocycles. The summed E-state index contributed by atoms with van der Waals surface area (Å²) in [7, 11) is -3.49. The van der Waals surface area contributed by atoms with Gasteiger partial charge in [0.2, 0.25) is 5.91 Å². The number of rotatable bonds is 5. The van der Waals surface area contributed by atoms with Crippen LogP contribution in [0.3, 0.4) is 0 Å². The van der Waals surface area contributed by atoms with Gasteiger partial charge in [0.1, 0.15) is 5.75 Å². The molecule has 0 aliphatic carbocycles. The molecule has 0 atom stereocenters. The van der Waals surface area contributed by atoms with Crippen LogP contribution in [0.5, 0.6) is 0 Å². The molecule has 6 nitrogen and oxygen atoms in total. The SMILES string of the molecule is Cc1cc(C)c2sc(N3CCN(C(=O)CS(=O)(=O)Cc4ccccc4)CC3)nc2c1. The summed E-state index contributed by atoms with van der Waals surface area (Å²) in [5.41, 5.74) is 4.14. The van der Waals surface area contributed by atoms with E-state index >= 15 is 0 Å². The van der Waals surface area contributed by atoms with Crippen molar-refractivity contribution in [3.63, 3.8) is 0 Å². The highest BCUT2D eigenvalue weighted by atomic mass is 32.2. The van der Waals surface area contributed by atoms with Gasteiger partial charge in [0.15, 0.2) is 15.0 Å². The van der Waals surface area contributed by atoms with Crippen LogP contribution in [0.25, 0.3) is 10.2 Å². The molecular formula is C22H25N3O3S2. The van der Waals surface area contributed by atoms with Crippen LogP contribution in [-0.2, 0) is 20.4 Å². The molecule has 1 amide bonds. The predicted molar refractivity (Wildman–Crippen MR) is 122 cm³/mol. The molecule has 1 aliphatic heterocycles. The smallest absolute Gasteiger partial charge is 0.237 e. The number of benzene rings is 2. The number of anilines is 1. The third-order valence-corrected chi connectivity index (χ3v) is 8.01. The number of amides is 1. The standard InChI is InChI=1S/C22H25N3O3S2/c1-16-12-17(2)21-19(13-16)23-22(29-21)25-10-8-24(9-11-25)20(26)15-30(27,28)14-18-6-4-3-5-7-18/h3-7,12-13H,8-11,14-15H2,1-2H3. The molecule has 3 aromatic rings. The van der Waals surface area contributed by atoms with E-state index in [0.29, 0.717) is 31.7 Å². The lowest BCUT2D eigenvalue weighted by atomic mass is 10.1. The molecule has 0 saturated carbocycles. The van der Waals surface area contributed by atoms with Crippen LogP contribution in [0.2, 0.25) is 0 Å². The number of thiazole rings is 1. The zero-order valence-electron chi connectivity index (χ0n) is 17.2. The minimum absolute atomic E-state index is 0.107. The van der Waals surface area contributed by atoms with Crippen LogP contribution < -0.4 is 4.90 Å². The molecule has 0 radical (unpaired) electrons. The van der Waals surface area contributed by atoms with Crippen molar-refractivity contribution in [3.05, 3.63) is 59.2 Å². The van der Waals surface area contributed by atoms with E-state index < -0.39 is 15.6 Å². The number of nitrogens with zero attached hydrogens (tertiary/aromatic N) is 3. The lowest BCUT2D eigenvalue weighted by Gasteiger charge is -2.34. The Bertz CT molecular complexity index is 1170. The zero-order chi connectivity index (χ0) is 21.3. The van der Waals surface area contributed by atoms with Gasteiger partial charge in [-0.05, 0) is 36.6 Å². The van der Waals surface area contributed by atoms with E-state index in [1.165, 1.54) is 15.8 Å². The number of aromatic nitrogens is 1. The molecule has 8 heteroatoms. The highest BCUT2D eigenvalue weighted by Gasteiger charge is 2.26. The van der Waals surface area contributed by atoms with Crippen molar-refractivity contribution in [3.8, 4) is 0 Å². The number of sulfone groups is 1. The second-order valence-corrected chi connectivity index (χ2v) is 10.9. The van der Waals surface area contributed by atoms with E-state index in [2.05, 4.69) is 30.9 Å². The molecule has 0 unspecified atom stereocenters. The average molecular weight is 444 g/mol. The molecular weight excluding hydrogens is 418 g/mol. The Kier molecular flexibility index (Phi) is 5.79. The summed E-state index contributed by atoms with van der Waals surface area (Å²) in [6, 6.07) is 13.2. The van der Waals surface area contributed by atoms with Gasteiger partial charge in [0, 0.05) is 26.2 Å². The first kappa shape index (κ1) is 20.8. The largest absolute Gasteiger partial charge is 0.345 e. The second kappa shape index (κ2) is 8.35. The number of aryl methyl sites for hydroxylation is 2. The third-order valence-electron chi connectivity index (χ3n) is 5.28. The minimum Gasteiger partial charge on any atom is -0.345 e. The van der Waals surface area contributed by atoms with Gasteiger partial charge in [-0.1, -0.05) is 47.7 Å². The maximum absolute atomic E-state index is 12.6. The summed E-state index contributed by atoms with van der Waals surface area (Å²) in [6.45, 7) is 6.50. The molecule has 30 heavy (non-hydrogen) atoms. The van der Waals surface area contributed by atoms with E-state index in [-0.39, 0.29) is 11.7 Å². The molecule has 4 rings (SSSR count). The first-order valence-electron chi connectivity index (χ1n) is 9.95. The van der Waals surface area contributed by atoms with Gasteiger partial charge in [0.25, 0.3) is 0 Å². The Balaban J connectivity index is 1.37. The first-order chi connectivity index (χ1) is 14.3. The van der Waals surface area contributed by atoms with E-state index in [1.54, 1.807) is 40.5 Å². The number of carbonyl (C=O) groups excluding carboxylic acids is 1. The number of hydrogen-bond acceptors (Lipinski definition) is 6. The molecule has 0 spiro atoms. The van der Waals surface area contributed by atoms with Crippen LogP contribution in [0.1, 0.15) is 16.7 Å². The van der Waals surface area contributed by atoms with Crippen LogP contribution in [0, 0.1) is 13.8 Å². The van der Waals surface area contributed by atoms with Crippen LogP contribution >= 0.6 is 11.3 Å². The van der Waals surface area contributed by atoms with Crippen LogP contribution in [0.15, 0.2) is 42.5 Å². The van der Waals surface area contributed by atoms with Gasteiger partial charge in [-0.25, -0.2) is 13.4 Å². The van der Waals surface area contributed by atoms with Gasteiger partial charge in [-0.15, -0.1) is 0 Å². The van der Waals surface area contributed by atoms with Gasteiger partial charge >= 0.3 is 0 Å². The van der Waals surface area contributed by atoms with Crippen LogP contribution in [-0.4, -0.2) is 56.1 Å². The van der Waals surface area contributed by atoms with Gasteiger partial charge in [0.05, 0.1) is 16.0 Å². The monoisotopic (exact) mass is 443 g/mol. The van der Waals surface area contributed by atoms with E-state index in [1.807, 2.05) is 6.07 Å². The molecule has 2 aromatic carbocycles. The van der Waals surface area contributed by atoms with Crippen molar-refractivity contribution < 1.29 is 13.2 Å². The van der Waals surface area contributed by atoms with E-state index in [0.717, 1.165) is 10.6 Å². The molecule has 1 aliphatic rings. The third kappa shape index (κ3) is 4.65. The minimum atomic E-state index is -3.49. The number of carbonyl (C=O) groups is 1. The van der Waals surface area contributed by atoms with Crippen molar-refractivity contribution in [1.29, 1.82) is 0 Å². The van der Waals surface area contributed by atoms with Crippen molar-refractivity contribution in [2.75, 3.05) is 36.8 Å². The lowest BCUT2D eigenvalue weighted by Crippen LogP contribution is -2.50. The van der Waals surface area contributed by atoms with Crippen molar-refractivity contribution in [2.45, 2.75) is 19.6 Å². The fourth-order valence-electron chi connectivity index (χ4n) is 3.81. The van der Waals surface area contributed by atoms with Crippen molar-refractivity contribution in [1.82, 2.24) is 9.88 Å². The molecule has 1 aromatic heterocycles. The number of piperazine rings is 1. The molecule has 158 valence electrons. The molecule has 1 fully saturated rings. The summed E-state index contributed by atoms with van der Waals surface area (Å²) >= 11 is 1.68. The quantitative estimate of drug-likeness (QED) is 0.606. The predicted octanol–water partition coefficient (Wildman–Crippen LogP) is 3.18. The molecule has 0 N–H and O–H groups in total. The summed E-state index contributed by atoms with van der Waals surface area (Å²) < 4.78 is 26.1. The fraction of sp³-hybridized carbons (Fsp3) is 0.364. The molecule has 2 heterocycles. The fourth-order valence-corrected chi connectivity index (χ4v) is 6.23. The van der Waals surface area contributed by atoms with E-state index in [4.69, 9.17) is 4.98 Å². The number of fused-ring (bicyclic) bond motifs is 1. The van der Waals surface area contributed by atoms with Crippen molar-refractivity contribution in [2.24, 2.45) is 0 Å². The summed E-state index contributed by atoms with van der Waals surface area (Å²) in [6.07, 6.45) is 0. The highest BCUT2D eigenvalue weighted by Crippen LogP contribution is 2.32. The second-order valence-electron chi connectivity index (χ2n) is 7.81. The Morgan fingerprint density at radius 3 is 2.47 bits per heavy atom. The highest BCUT2D eigenvalue weighted by molar-refractivity contribution is 7.91. The Hall–Kier alpha value is -2.45. The molecule has 0 bridgehead atoms. The maximum atomic E-state index is 12.6. The lowest BCUT2D eigenvalue weighted by molar-refractivity contribution is -0.128. The van der Waals surface area contributed by atoms with Crippen LogP contribution in [0.4, 0.5) is 5.13 Å². The van der Waals surface area contributed by atoms with Gasteiger partial charge in [-0.2, -0.15) is 0 Å². The maximum Gasteiger partial charge on any atom is 0.237 e. The Labute approximate surface area is 181 Å². The van der Waals surface area contributed by atoms with E-state index in [9.17, 15) is 13.2 Å². The zero-order valence-corrected chi connectivity index (χ0v) is 18.8. The number of hydrogen-bond donors (Lipinski definition) is 0. The van der Waals surface area contributed by atoms with Gasteiger partial charge in [-0.3, -0.25) is 4.79 Å². The Morgan fingerprint density at radius 2 is 1.77 bits per heavy atom. The summed E-state index contributed by atoms with van der Waals surface area (Å²) in [5, 5.41) is 0.961. The summed E-state index contributed by atoms with van der Waals surface area (Å²) in [5.74, 6) is -0.868. The topological polar surface area (TPSA) is 70.6 Å². The van der Waals surface area contributed by atoms with Gasteiger partial charge < -0.3 is 9.80 Å².